The quantitative estimate of drug-likeness (QED) is 0.631. The molecule has 2 fully saturated rings. The van der Waals surface area contributed by atoms with Gasteiger partial charge >= 0.3 is 0 Å². The molecule has 0 radical (unpaired) electrons. The lowest BCUT2D eigenvalue weighted by Gasteiger charge is -2.33. The summed E-state index contributed by atoms with van der Waals surface area (Å²) in [6, 6.07) is 0. The second-order valence-electron chi connectivity index (χ2n) is 3.68. The van der Waals surface area contributed by atoms with Crippen molar-refractivity contribution >= 4 is 9.84 Å². The molecule has 1 saturated carbocycles. The second kappa shape index (κ2) is 1.98. The zero-order valence-corrected chi connectivity index (χ0v) is 7.45. The van der Waals surface area contributed by atoms with Crippen LogP contribution in [0.25, 0.3) is 0 Å². The van der Waals surface area contributed by atoms with E-state index in [2.05, 4.69) is 5.32 Å². The van der Waals surface area contributed by atoms with Crippen LogP contribution in [0.2, 0.25) is 0 Å². The highest BCUT2D eigenvalue weighted by atomic mass is 32.2. The van der Waals surface area contributed by atoms with Crippen LogP contribution in [0.5, 0.6) is 0 Å². The van der Waals surface area contributed by atoms with E-state index in [1.54, 1.807) is 0 Å². The predicted molar refractivity (Wildman–Crippen MR) is 43.2 cm³/mol. The van der Waals surface area contributed by atoms with E-state index in [0.717, 1.165) is 12.8 Å². The van der Waals surface area contributed by atoms with Gasteiger partial charge in [-0.2, -0.15) is 0 Å². The molecule has 1 aliphatic heterocycles. The van der Waals surface area contributed by atoms with E-state index >= 15 is 0 Å². The predicted octanol–water partition coefficient (Wildman–Crippen LogP) is -0.217. The molecule has 2 rings (SSSR count). The van der Waals surface area contributed by atoms with Crippen LogP contribution in [0.3, 0.4) is 0 Å². The molecule has 0 atom stereocenters. The first-order valence-corrected chi connectivity index (χ1v) is 5.79. The molecular weight excluding hydrogens is 162 g/mol. The van der Waals surface area contributed by atoms with Gasteiger partial charge in [0.2, 0.25) is 0 Å². The van der Waals surface area contributed by atoms with Crippen molar-refractivity contribution in [3.05, 3.63) is 0 Å². The molecule has 0 spiro atoms. The first-order valence-electron chi connectivity index (χ1n) is 3.97. The van der Waals surface area contributed by atoms with E-state index in [1.165, 1.54) is 0 Å². The molecule has 0 bridgehead atoms. The van der Waals surface area contributed by atoms with E-state index in [1.807, 2.05) is 7.05 Å². The van der Waals surface area contributed by atoms with E-state index in [-0.39, 0.29) is 5.54 Å². The maximum atomic E-state index is 10.9. The van der Waals surface area contributed by atoms with Gasteiger partial charge in [0.1, 0.15) is 0 Å². The topological polar surface area (TPSA) is 46.2 Å². The van der Waals surface area contributed by atoms with Crippen LogP contribution in [-0.4, -0.2) is 32.5 Å². The zero-order chi connectivity index (χ0) is 8.11. The normalized spacial score (nSPS) is 32.8. The van der Waals surface area contributed by atoms with Gasteiger partial charge in [-0.3, -0.25) is 0 Å². The Morgan fingerprint density at radius 3 is 2.18 bits per heavy atom. The van der Waals surface area contributed by atoms with Crippen molar-refractivity contribution in [3.63, 3.8) is 0 Å². The lowest BCUT2D eigenvalue weighted by Crippen LogP contribution is -2.50. The van der Waals surface area contributed by atoms with Gasteiger partial charge in [-0.25, -0.2) is 8.42 Å². The van der Waals surface area contributed by atoms with E-state index in [4.69, 9.17) is 0 Å². The SMILES string of the molecule is CNC1(C2CS(=O)(=O)C2)CC1. The lowest BCUT2D eigenvalue weighted by molar-refractivity contribution is 0.380. The molecule has 0 amide bonds. The molecule has 0 aromatic rings. The molecule has 64 valence electrons. The average Bonchev–Trinajstić information content (AvgIpc) is 2.62. The van der Waals surface area contributed by atoms with Crippen molar-refractivity contribution in [1.29, 1.82) is 0 Å². The number of sulfone groups is 1. The summed E-state index contributed by atoms with van der Waals surface area (Å²) in [5.74, 6) is 1.22. The van der Waals surface area contributed by atoms with Crippen LogP contribution in [0, 0.1) is 5.92 Å². The van der Waals surface area contributed by atoms with Gasteiger partial charge in [-0.05, 0) is 19.9 Å². The minimum Gasteiger partial charge on any atom is -0.314 e. The van der Waals surface area contributed by atoms with Crippen molar-refractivity contribution in [2.45, 2.75) is 18.4 Å². The Balaban J connectivity index is 2.01. The highest BCUT2D eigenvalue weighted by Gasteiger charge is 2.54. The monoisotopic (exact) mass is 175 g/mol. The lowest BCUT2D eigenvalue weighted by atomic mass is 10.0. The molecule has 0 aromatic carbocycles. The van der Waals surface area contributed by atoms with Crippen molar-refractivity contribution in [2.24, 2.45) is 5.92 Å². The fourth-order valence-corrected chi connectivity index (χ4v) is 3.65. The molecule has 1 saturated heterocycles. The first-order chi connectivity index (χ1) is 5.08. The summed E-state index contributed by atoms with van der Waals surface area (Å²) in [5, 5.41) is 3.23. The number of hydrogen-bond donors (Lipinski definition) is 1. The van der Waals surface area contributed by atoms with Crippen LogP contribution in [0.4, 0.5) is 0 Å². The Kier molecular flexibility index (Phi) is 1.36. The molecule has 4 heteroatoms. The number of nitrogens with one attached hydrogen (secondary N) is 1. The van der Waals surface area contributed by atoms with Gasteiger partial charge in [0.25, 0.3) is 0 Å². The fourth-order valence-electron chi connectivity index (χ4n) is 1.88. The van der Waals surface area contributed by atoms with Gasteiger partial charge in [0.05, 0.1) is 11.5 Å². The molecule has 11 heavy (non-hydrogen) atoms. The first kappa shape index (κ1) is 7.55. The van der Waals surface area contributed by atoms with Crippen LogP contribution >= 0.6 is 0 Å². The maximum Gasteiger partial charge on any atom is 0.151 e. The zero-order valence-electron chi connectivity index (χ0n) is 6.63. The van der Waals surface area contributed by atoms with Crippen LogP contribution in [0.1, 0.15) is 12.8 Å². The summed E-state index contributed by atoms with van der Waals surface area (Å²) in [6.07, 6.45) is 2.31. The highest BCUT2D eigenvalue weighted by molar-refractivity contribution is 7.92. The van der Waals surface area contributed by atoms with Crippen LogP contribution in [-0.2, 0) is 9.84 Å². The highest BCUT2D eigenvalue weighted by Crippen LogP contribution is 2.46. The van der Waals surface area contributed by atoms with Crippen LogP contribution < -0.4 is 5.32 Å². The maximum absolute atomic E-state index is 10.9. The van der Waals surface area contributed by atoms with Gasteiger partial charge < -0.3 is 5.32 Å². The van der Waals surface area contributed by atoms with Gasteiger partial charge in [0.15, 0.2) is 9.84 Å². The van der Waals surface area contributed by atoms with Crippen LogP contribution in [0.15, 0.2) is 0 Å². The van der Waals surface area contributed by atoms with Gasteiger partial charge in [-0.1, -0.05) is 0 Å². The molecular formula is C7H13NO2S. The molecule has 2 aliphatic rings. The average molecular weight is 175 g/mol. The van der Waals surface area contributed by atoms with E-state index in [9.17, 15) is 8.42 Å². The van der Waals surface area contributed by atoms with Gasteiger partial charge in [0, 0.05) is 11.5 Å². The Morgan fingerprint density at radius 1 is 1.36 bits per heavy atom. The molecule has 0 unspecified atom stereocenters. The molecule has 1 heterocycles. The number of rotatable bonds is 2. The van der Waals surface area contributed by atoms with Crippen molar-refractivity contribution in [2.75, 3.05) is 18.6 Å². The molecule has 1 aliphatic carbocycles. The Labute approximate surface area is 67.1 Å². The Morgan fingerprint density at radius 2 is 1.91 bits per heavy atom. The Hall–Kier alpha value is -0.0900. The summed E-state index contributed by atoms with van der Waals surface area (Å²) in [6.45, 7) is 0. The molecule has 3 nitrogen and oxygen atoms in total. The molecule has 1 N–H and O–H groups in total. The van der Waals surface area contributed by atoms with E-state index in [0.29, 0.717) is 17.4 Å². The third-order valence-corrected chi connectivity index (χ3v) is 4.80. The summed E-state index contributed by atoms with van der Waals surface area (Å²) in [4.78, 5) is 0. The molecule has 0 aromatic heterocycles. The van der Waals surface area contributed by atoms with Crippen molar-refractivity contribution in [1.82, 2.24) is 5.32 Å². The van der Waals surface area contributed by atoms with Crippen molar-refractivity contribution in [3.8, 4) is 0 Å². The third-order valence-electron chi connectivity index (χ3n) is 2.98. The van der Waals surface area contributed by atoms with Gasteiger partial charge in [-0.15, -0.1) is 0 Å². The standard InChI is InChI=1S/C7H13NO2S/c1-8-7(2-3-7)6-4-11(9,10)5-6/h6,8H,2-5H2,1H3. The number of hydrogen-bond acceptors (Lipinski definition) is 3. The Bertz CT molecular complexity index is 254. The van der Waals surface area contributed by atoms with E-state index < -0.39 is 9.84 Å². The summed E-state index contributed by atoms with van der Waals surface area (Å²) in [5.41, 5.74) is 0.214. The summed E-state index contributed by atoms with van der Waals surface area (Å²) >= 11 is 0. The smallest absolute Gasteiger partial charge is 0.151 e. The fraction of sp³-hybridized carbons (Fsp3) is 1.00. The summed E-state index contributed by atoms with van der Waals surface area (Å²) < 4.78 is 21.7. The minimum absolute atomic E-state index is 0.214. The largest absolute Gasteiger partial charge is 0.314 e. The minimum atomic E-state index is -2.62. The van der Waals surface area contributed by atoms with Crippen molar-refractivity contribution < 1.29 is 8.42 Å². The summed E-state index contributed by atoms with van der Waals surface area (Å²) in [7, 11) is -0.695. The second-order valence-corrected chi connectivity index (χ2v) is 5.83. The third kappa shape index (κ3) is 1.08.